The number of hydrogen-bond acceptors (Lipinski definition) is 4. The Morgan fingerprint density at radius 3 is 2.84 bits per heavy atom. The number of aromatic hydroxyl groups is 1. The van der Waals surface area contributed by atoms with Gasteiger partial charge in [-0.25, -0.2) is 0 Å². The summed E-state index contributed by atoms with van der Waals surface area (Å²) in [5.74, 6) is 1.04. The van der Waals surface area contributed by atoms with E-state index in [0.717, 1.165) is 17.0 Å². The van der Waals surface area contributed by atoms with Crippen LogP contribution in [0.2, 0.25) is 0 Å². The van der Waals surface area contributed by atoms with Crippen molar-refractivity contribution in [2.75, 3.05) is 7.11 Å². The molecule has 0 aliphatic rings. The molecule has 0 bridgehead atoms. The molecule has 2 aromatic rings. The number of benzene rings is 1. The Morgan fingerprint density at radius 2 is 2.16 bits per heavy atom. The minimum atomic E-state index is 0.185. The summed E-state index contributed by atoms with van der Waals surface area (Å²) in [6.45, 7) is 2.74. The van der Waals surface area contributed by atoms with Crippen LogP contribution in [0.25, 0.3) is 0 Å². The van der Waals surface area contributed by atoms with Crippen LogP contribution in [0, 0.1) is 0 Å². The van der Waals surface area contributed by atoms with Gasteiger partial charge in [0.2, 0.25) is 0 Å². The molecule has 0 amide bonds. The summed E-state index contributed by atoms with van der Waals surface area (Å²) in [6.07, 6.45) is 1.45. The van der Waals surface area contributed by atoms with Gasteiger partial charge in [0.15, 0.2) is 0 Å². The fourth-order valence-corrected chi connectivity index (χ4v) is 1.81. The lowest BCUT2D eigenvalue weighted by molar-refractivity contribution is 0.413. The lowest BCUT2D eigenvalue weighted by Gasteiger charge is -2.14. The molecule has 0 radical (unpaired) electrons. The Bertz CT molecular complexity index is 526. The van der Waals surface area contributed by atoms with Crippen molar-refractivity contribution in [3.63, 3.8) is 0 Å². The molecule has 0 aliphatic carbocycles. The molecule has 1 aromatic heterocycles. The van der Waals surface area contributed by atoms with E-state index in [1.165, 1.54) is 6.20 Å². The molecule has 1 heterocycles. The standard InChI is InChI=1S/C15H18N2O2/c1-11(12-4-3-5-15(8-12)19-2)16-9-13-6-7-14(18)10-17-13/h3-8,10-11,16,18H,9H2,1-2H3/t11-/m1/s1. The van der Waals surface area contributed by atoms with E-state index in [9.17, 15) is 5.11 Å². The highest BCUT2D eigenvalue weighted by molar-refractivity contribution is 5.30. The third-order valence-corrected chi connectivity index (χ3v) is 2.99. The number of nitrogens with zero attached hydrogens (tertiary/aromatic N) is 1. The maximum absolute atomic E-state index is 9.17. The normalized spacial score (nSPS) is 12.1. The van der Waals surface area contributed by atoms with E-state index in [1.54, 1.807) is 19.2 Å². The summed E-state index contributed by atoms with van der Waals surface area (Å²) in [4.78, 5) is 4.14. The van der Waals surface area contributed by atoms with Crippen LogP contribution in [-0.4, -0.2) is 17.2 Å². The SMILES string of the molecule is COc1cccc([C@@H](C)NCc2ccc(O)cn2)c1. The minimum absolute atomic E-state index is 0.185. The van der Waals surface area contributed by atoms with Crippen LogP contribution in [0.1, 0.15) is 24.2 Å². The van der Waals surface area contributed by atoms with E-state index in [2.05, 4.69) is 23.3 Å². The monoisotopic (exact) mass is 258 g/mol. The summed E-state index contributed by atoms with van der Waals surface area (Å²) in [7, 11) is 1.66. The molecule has 4 heteroatoms. The van der Waals surface area contributed by atoms with Crippen molar-refractivity contribution in [3.05, 3.63) is 53.9 Å². The zero-order valence-corrected chi connectivity index (χ0v) is 11.1. The van der Waals surface area contributed by atoms with Crippen LogP contribution in [0.15, 0.2) is 42.6 Å². The molecule has 0 spiro atoms. The highest BCUT2D eigenvalue weighted by atomic mass is 16.5. The average Bonchev–Trinajstić information content (AvgIpc) is 2.46. The second-order valence-corrected chi connectivity index (χ2v) is 4.39. The van der Waals surface area contributed by atoms with Crippen molar-refractivity contribution in [1.29, 1.82) is 0 Å². The largest absolute Gasteiger partial charge is 0.506 e. The molecule has 19 heavy (non-hydrogen) atoms. The molecule has 4 nitrogen and oxygen atoms in total. The summed E-state index contributed by atoms with van der Waals surface area (Å²) in [5.41, 5.74) is 2.06. The predicted octanol–water partition coefficient (Wildman–Crippen LogP) is 2.65. The second kappa shape index (κ2) is 6.20. The maximum Gasteiger partial charge on any atom is 0.133 e. The summed E-state index contributed by atoms with van der Waals surface area (Å²) in [5, 5.41) is 12.6. The van der Waals surface area contributed by atoms with E-state index >= 15 is 0 Å². The van der Waals surface area contributed by atoms with Gasteiger partial charge in [0, 0.05) is 12.6 Å². The van der Waals surface area contributed by atoms with Crippen molar-refractivity contribution in [3.8, 4) is 11.5 Å². The van der Waals surface area contributed by atoms with Crippen LogP contribution in [0.4, 0.5) is 0 Å². The molecule has 0 fully saturated rings. The van der Waals surface area contributed by atoms with Gasteiger partial charge in [-0.1, -0.05) is 12.1 Å². The highest BCUT2D eigenvalue weighted by Gasteiger charge is 2.06. The first kappa shape index (κ1) is 13.4. The Hall–Kier alpha value is -2.07. The second-order valence-electron chi connectivity index (χ2n) is 4.39. The quantitative estimate of drug-likeness (QED) is 0.865. The molecule has 2 N–H and O–H groups in total. The van der Waals surface area contributed by atoms with Crippen LogP contribution in [-0.2, 0) is 6.54 Å². The van der Waals surface area contributed by atoms with Crippen molar-refractivity contribution < 1.29 is 9.84 Å². The fraction of sp³-hybridized carbons (Fsp3) is 0.267. The number of ether oxygens (including phenoxy) is 1. The molecule has 0 unspecified atom stereocenters. The Morgan fingerprint density at radius 1 is 1.32 bits per heavy atom. The topological polar surface area (TPSA) is 54.4 Å². The number of pyridine rings is 1. The van der Waals surface area contributed by atoms with Gasteiger partial charge in [0.1, 0.15) is 11.5 Å². The number of aromatic nitrogens is 1. The average molecular weight is 258 g/mol. The van der Waals surface area contributed by atoms with Gasteiger partial charge in [-0.05, 0) is 36.8 Å². The van der Waals surface area contributed by atoms with Crippen molar-refractivity contribution in [1.82, 2.24) is 10.3 Å². The van der Waals surface area contributed by atoms with Gasteiger partial charge in [-0.3, -0.25) is 4.98 Å². The summed E-state index contributed by atoms with van der Waals surface area (Å²) in [6, 6.07) is 11.6. The molecule has 0 saturated heterocycles. The molecular formula is C15H18N2O2. The first-order valence-corrected chi connectivity index (χ1v) is 6.20. The Labute approximate surface area is 113 Å². The molecule has 0 saturated carbocycles. The molecular weight excluding hydrogens is 240 g/mol. The smallest absolute Gasteiger partial charge is 0.133 e. The van der Waals surface area contributed by atoms with Crippen molar-refractivity contribution in [2.45, 2.75) is 19.5 Å². The molecule has 0 aliphatic heterocycles. The third-order valence-electron chi connectivity index (χ3n) is 2.99. The van der Waals surface area contributed by atoms with Gasteiger partial charge in [0.25, 0.3) is 0 Å². The zero-order chi connectivity index (χ0) is 13.7. The van der Waals surface area contributed by atoms with Gasteiger partial charge in [-0.15, -0.1) is 0 Å². The summed E-state index contributed by atoms with van der Waals surface area (Å²) < 4.78 is 5.21. The van der Waals surface area contributed by atoms with Gasteiger partial charge in [-0.2, -0.15) is 0 Å². The molecule has 1 atom stereocenters. The maximum atomic E-state index is 9.17. The Balaban J connectivity index is 1.96. The van der Waals surface area contributed by atoms with E-state index in [0.29, 0.717) is 6.54 Å². The van der Waals surface area contributed by atoms with Crippen molar-refractivity contribution in [2.24, 2.45) is 0 Å². The van der Waals surface area contributed by atoms with E-state index in [1.807, 2.05) is 18.2 Å². The first-order valence-electron chi connectivity index (χ1n) is 6.20. The highest BCUT2D eigenvalue weighted by Crippen LogP contribution is 2.19. The zero-order valence-electron chi connectivity index (χ0n) is 11.1. The minimum Gasteiger partial charge on any atom is -0.506 e. The fourth-order valence-electron chi connectivity index (χ4n) is 1.81. The van der Waals surface area contributed by atoms with Gasteiger partial charge in [0.05, 0.1) is 19.0 Å². The predicted molar refractivity (Wildman–Crippen MR) is 74.2 cm³/mol. The molecule has 2 rings (SSSR count). The van der Waals surface area contributed by atoms with Crippen LogP contribution >= 0.6 is 0 Å². The molecule has 100 valence electrons. The van der Waals surface area contributed by atoms with E-state index < -0.39 is 0 Å². The number of hydrogen-bond donors (Lipinski definition) is 2. The van der Waals surface area contributed by atoms with Crippen LogP contribution in [0.3, 0.4) is 0 Å². The van der Waals surface area contributed by atoms with Gasteiger partial charge >= 0.3 is 0 Å². The van der Waals surface area contributed by atoms with Crippen molar-refractivity contribution >= 4 is 0 Å². The first-order chi connectivity index (χ1) is 9.19. The Kier molecular flexibility index (Phi) is 4.36. The van der Waals surface area contributed by atoms with E-state index in [-0.39, 0.29) is 11.8 Å². The number of methoxy groups -OCH3 is 1. The lowest BCUT2D eigenvalue weighted by Crippen LogP contribution is -2.18. The van der Waals surface area contributed by atoms with Crippen LogP contribution in [0.5, 0.6) is 11.5 Å². The molecule has 1 aromatic carbocycles. The van der Waals surface area contributed by atoms with E-state index in [4.69, 9.17) is 4.74 Å². The van der Waals surface area contributed by atoms with Gasteiger partial charge < -0.3 is 15.2 Å². The lowest BCUT2D eigenvalue weighted by atomic mass is 10.1. The summed E-state index contributed by atoms with van der Waals surface area (Å²) >= 11 is 0. The number of rotatable bonds is 5. The van der Waals surface area contributed by atoms with Crippen LogP contribution < -0.4 is 10.1 Å². The third kappa shape index (κ3) is 3.69. The number of nitrogens with one attached hydrogen (secondary N) is 1.